The Bertz CT molecular complexity index is 1180. The summed E-state index contributed by atoms with van der Waals surface area (Å²) in [4.78, 5) is 35.5. The second-order valence-electron chi connectivity index (χ2n) is 7.93. The lowest BCUT2D eigenvalue weighted by Crippen LogP contribution is -2.45. The van der Waals surface area contributed by atoms with Crippen LogP contribution < -0.4 is 5.69 Å². The molecule has 1 unspecified atom stereocenters. The van der Waals surface area contributed by atoms with E-state index in [0.717, 1.165) is 28.2 Å². The van der Waals surface area contributed by atoms with E-state index >= 15 is 0 Å². The molecular weight excluding hydrogens is 396 g/mol. The van der Waals surface area contributed by atoms with Gasteiger partial charge in [-0.05, 0) is 44.5 Å². The third-order valence-electron chi connectivity index (χ3n) is 5.40. The van der Waals surface area contributed by atoms with Gasteiger partial charge in [0.05, 0.1) is 25.0 Å². The summed E-state index contributed by atoms with van der Waals surface area (Å²) < 4.78 is 9.11. The van der Waals surface area contributed by atoms with Crippen LogP contribution in [-0.4, -0.2) is 54.8 Å². The van der Waals surface area contributed by atoms with Crippen LogP contribution in [-0.2, 0) is 23.1 Å². The van der Waals surface area contributed by atoms with Gasteiger partial charge in [-0.2, -0.15) is 10.1 Å². The number of ether oxygens (including phenoxy) is 1. The average Bonchev–Trinajstić information content (AvgIpc) is 3.16. The quantitative estimate of drug-likeness (QED) is 0.633. The molecule has 0 aromatic carbocycles. The van der Waals surface area contributed by atoms with Crippen LogP contribution >= 0.6 is 0 Å². The van der Waals surface area contributed by atoms with E-state index in [-0.39, 0.29) is 18.6 Å². The Hall–Kier alpha value is -3.33. The minimum absolute atomic E-state index is 0.0349. The number of aryl methyl sites for hydroxylation is 4. The second kappa shape index (κ2) is 8.43. The van der Waals surface area contributed by atoms with Crippen molar-refractivity contribution in [2.24, 2.45) is 7.05 Å². The summed E-state index contributed by atoms with van der Waals surface area (Å²) in [6.07, 6.45) is 3.43. The molecule has 0 spiro atoms. The van der Waals surface area contributed by atoms with Crippen molar-refractivity contribution in [3.8, 4) is 11.1 Å². The van der Waals surface area contributed by atoms with Gasteiger partial charge in [0.1, 0.15) is 12.6 Å². The standard InChI is InChI=1S/C22H26N6O3/c1-14-7-16(3)28(22(30)25-14)13-21(29)27-5-6-31-20(12-27)19-9-17(8-15(2)24-19)18-10-23-26(4)11-18/h7-11,20H,5-6,12-13H2,1-4H3. The first-order valence-corrected chi connectivity index (χ1v) is 10.2. The van der Waals surface area contributed by atoms with Crippen molar-refractivity contribution in [2.75, 3.05) is 19.7 Å². The van der Waals surface area contributed by atoms with E-state index in [9.17, 15) is 9.59 Å². The molecule has 3 aromatic heterocycles. The Morgan fingerprint density at radius 1 is 1.13 bits per heavy atom. The minimum Gasteiger partial charge on any atom is -0.368 e. The fourth-order valence-corrected chi connectivity index (χ4v) is 3.85. The Labute approximate surface area is 180 Å². The van der Waals surface area contributed by atoms with Crippen LogP contribution in [0.3, 0.4) is 0 Å². The summed E-state index contributed by atoms with van der Waals surface area (Å²) in [5.74, 6) is -0.135. The smallest absolute Gasteiger partial charge is 0.348 e. The molecular formula is C22H26N6O3. The lowest BCUT2D eigenvalue weighted by atomic mass is 10.1. The highest BCUT2D eigenvalue weighted by atomic mass is 16.5. The van der Waals surface area contributed by atoms with Gasteiger partial charge in [-0.25, -0.2) is 4.79 Å². The molecule has 1 amide bonds. The van der Waals surface area contributed by atoms with E-state index in [1.165, 1.54) is 4.57 Å². The number of morpholine rings is 1. The first kappa shape index (κ1) is 20.9. The van der Waals surface area contributed by atoms with Crippen LogP contribution in [0, 0.1) is 20.8 Å². The molecule has 9 heteroatoms. The van der Waals surface area contributed by atoms with Crippen LogP contribution in [0.4, 0.5) is 0 Å². The first-order chi connectivity index (χ1) is 14.8. The zero-order valence-electron chi connectivity index (χ0n) is 18.2. The number of carbonyl (C=O) groups is 1. The number of rotatable bonds is 4. The fraction of sp³-hybridized carbons (Fsp3) is 0.409. The van der Waals surface area contributed by atoms with E-state index in [2.05, 4.69) is 15.1 Å². The summed E-state index contributed by atoms with van der Waals surface area (Å²) in [5.41, 5.74) is 4.62. The monoisotopic (exact) mass is 422 g/mol. The van der Waals surface area contributed by atoms with Gasteiger partial charge in [0.15, 0.2) is 0 Å². The highest BCUT2D eigenvalue weighted by molar-refractivity contribution is 5.76. The Kier molecular flexibility index (Phi) is 5.69. The van der Waals surface area contributed by atoms with Gasteiger partial charge in [0.25, 0.3) is 0 Å². The number of hydrogen-bond acceptors (Lipinski definition) is 6. The fourth-order valence-electron chi connectivity index (χ4n) is 3.85. The molecule has 1 aliphatic heterocycles. The molecule has 3 aromatic rings. The third-order valence-corrected chi connectivity index (χ3v) is 5.40. The molecule has 31 heavy (non-hydrogen) atoms. The topological polar surface area (TPSA) is 95.1 Å². The van der Waals surface area contributed by atoms with E-state index < -0.39 is 5.69 Å². The van der Waals surface area contributed by atoms with Crippen LogP contribution in [0.15, 0.2) is 35.4 Å². The molecule has 4 rings (SSSR count). The Balaban J connectivity index is 1.53. The van der Waals surface area contributed by atoms with Crippen molar-refractivity contribution in [1.29, 1.82) is 0 Å². The number of hydrogen-bond donors (Lipinski definition) is 0. The van der Waals surface area contributed by atoms with Crippen molar-refractivity contribution in [1.82, 2.24) is 29.2 Å². The molecule has 1 fully saturated rings. The number of nitrogens with zero attached hydrogens (tertiary/aromatic N) is 6. The summed E-state index contributed by atoms with van der Waals surface area (Å²) in [6.45, 7) is 6.75. The van der Waals surface area contributed by atoms with E-state index in [1.54, 1.807) is 22.6 Å². The second-order valence-corrected chi connectivity index (χ2v) is 7.93. The normalized spacial score (nSPS) is 16.5. The molecule has 0 aliphatic carbocycles. The van der Waals surface area contributed by atoms with E-state index in [1.807, 2.05) is 45.4 Å². The predicted molar refractivity (Wildman–Crippen MR) is 114 cm³/mol. The molecule has 1 atom stereocenters. The molecule has 0 N–H and O–H groups in total. The van der Waals surface area contributed by atoms with Crippen molar-refractivity contribution >= 4 is 5.91 Å². The highest BCUT2D eigenvalue weighted by Gasteiger charge is 2.27. The summed E-state index contributed by atoms with van der Waals surface area (Å²) in [5, 5.41) is 4.24. The summed E-state index contributed by atoms with van der Waals surface area (Å²) in [7, 11) is 1.88. The van der Waals surface area contributed by atoms with Gasteiger partial charge < -0.3 is 9.64 Å². The first-order valence-electron chi connectivity index (χ1n) is 10.2. The zero-order chi connectivity index (χ0) is 22.1. The van der Waals surface area contributed by atoms with Crippen LogP contribution in [0.25, 0.3) is 11.1 Å². The lowest BCUT2D eigenvalue weighted by molar-refractivity contribution is -0.139. The summed E-state index contributed by atoms with van der Waals surface area (Å²) in [6, 6.07) is 5.79. The molecule has 4 heterocycles. The van der Waals surface area contributed by atoms with Crippen LogP contribution in [0.5, 0.6) is 0 Å². The molecule has 0 saturated carbocycles. The van der Waals surface area contributed by atoms with Gasteiger partial charge in [0, 0.05) is 42.4 Å². The maximum absolute atomic E-state index is 12.9. The van der Waals surface area contributed by atoms with Crippen LogP contribution in [0.1, 0.15) is 28.9 Å². The van der Waals surface area contributed by atoms with E-state index in [0.29, 0.717) is 25.4 Å². The SMILES string of the molecule is Cc1cc(-c2cnn(C)c2)cc(C2CN(C(=O)Cn3c(C)cc(C)nc3=O)CCO2)n1. The number of pyridine rings is 1. The third kappa shape index (κ3) is 4.56. The molecule has 9 nitrogen and oxygen atoms in total. The number of aromatic nitrogens is 5. The average molecular weight is 422 g/mol. The summed E-state index contributed by atoms with van der Waals surface area (Å²) >= 11 is 0. The zero-order valence-corrected chi connectivity index (χ0v) is 18.2. The maximum Gasteiger partial charge on any atom is 0.348 e. The lowest BCUT2D eigenvalue weighted by Gasteiger charge is -2.33. The van der Waals surface area contributed by atoms with Gasteiger partial charge in [0.2, 0.25) is 5.91 Å². The molecule has 0 radical (unpaired) electrons. The van der Waals surface area contributed by atoms with Crippen molar-refractivity contribution in [2.45, 2.75) is 33.4 Å². The van der Waals surface area contributed by atoms with Gasteiger partial charge >= 0.3 is 5.69 Å². The van der Waals surface area contributed by atoms with Crippen LogP contribution in [0.2, 0.25) is 0 Å². The number of carbonyl (C=O) groups excluding carboxylic acids is 1. The Morgan fingerprint density at radius 2 is 1.90 bits per heavy atom. The molecule has 162 valence electrons. The molecule has 1 saturated heterocycles. The van der Waals surface area contributed by atoms with Crippen molar-refractivity contribution in [3.05, 3.63) is 63.9 Å². The maximum atomic E-state index is 12.9. The van der Waals surface area contributed by atoms with Crippen molar-refractivity contribution in [3.63, 3.8) is 0 Å². The van der Waals surface area contributed by atoms with Crippen molar-refractivity contribution < 1.29 is 9.53 Å². The highest BCUT2D eigenvalue weighted by Crippen LogP contribution is 2.26. The van der Waals surface area contributed by atoms with Gasteiger partial charge in [-0.15, -0.1) is 0 Å². The largest absolute Gasteiger partial charge is 0.368 e. The van der Waals surface area contributed by atoms with E-state index in [4.69, 9.17) is 4.74 Å². The Morgan fingerprint density at radius 3 is 2.61 bits per heavy atom. The molecule has 0 bridgehead atoms. The van der Waals surface area contributed by atoms with Gasteiger partial charge in [-0.1, -0.05) is 0 Å². The predicted octanol–water partition coefficient (Wildman–Crippen LogP) is 1.56. The minimum atomic E-state index is -0.405. The number of amides is 1. The van der Waals surface area contributed by atoms with Gasteiger partial charge in [-0.3, -0.25) is 19.0 Å². The molecule has 1 aliphatic rings.